The molecule has 1 saturated carbocycles. The molecular weight excluding hydrogens is 530 g/mol. The standard InChI is InChI=1S/C29H37N5O5S/c1-17-30-26-21(31-20-11-10-19(15-23(20)40(4,36)37)22-12-13-29(2,3)39-22)16-24(33-28(35)18-8-9-18)32-27(26)34(17)25-7-5-6-14-38-25/h10-11,15-16,18,22,25H,5-9,12-14H2,1-4H3,(H2,31,32,33,35). The molecule has 11 heteroatoms. The number of carbonyl (C=O) groups is 1. The Morgan fingerprint density at radius 3 is 2.52 bits per heavy atom. The molecule has 0 radical (unpaired) electrons. The number of sulfone groups is 1. The van der Waals surface area contributed by atoms with Crippen molar-refractivity contribution in [3.63, 3.8) is 0 Å². The maximum atomic E-state index is 13.0. The molecule has 0 spiro atoms. The predicted octanol–water partition coefficient (Wildman–Crippen LogP) is 5.56. The highest BCUT2D eigenvalue weighted by molar-refractivity contribution is 7.90. The molecule has 0 bridgehead atoms. The average Bonchev–Trinajstić information content (AvgIpc) is 3.61. The summed E-state index contributed by atoms with van der Waals surface area (Å²) in [6, 6.07) is 7.13. The van der Waals surface area contributed by atoms with E-state index in [4.69, 9.17) is 19.4 Å². The summed E-state index contributed by atoms with van der Waals surface area (Å²) >= 11 is 0. The van der Waals surface area contributed by atoms with Crippen LogP contribution in [0.1, 0.15) is 82.5 Å². The number of amides is 1. The van der Waals surface area contributed by atoms with Gasteiger partial charge < -0.3 is 20.1 Å². The minimum Gasteiger partial charge on any atom is -0.368 e. The Bertz CT molecular complexity index is 1570. The van der Waals surface area contributed by atoms with Gasteiger partial charge in [-0.1, -0.05) is 6.07 Å². The number of nitrogens with one attached hydrogen (secondary N) is 2. The number of aromatic nitrogens is 3. The van der Waals surface area contributed by atoms with Gasteiger partial charge in [0.25, 0.3) is 0 Å². The summed E-state index contributed by atoms with van der Waals surface area (Å²) in [6.45, 7) is 6.67. The number of anilines is 3. The van der Waals surface area contributed by atoms with E-state index in [0.717, 1.165) is 56.3 Å². The van der Waals surface area contributed by atoms with E-state index >= 15 is 0 Å². The molecule has 2 unspecified atom stereocenters. The molecule has 3 aliphatic rings. The third-order valence-electron chi connectivity index (χ3n) is 7.98. The number of pyridine rings is 1. The number of carbonyl (C=O) groups excluding carboxylic acids is 1. The van der Waals surface area contributed by atoms with Crippen LogP contribution in [0.2, 0.25) is 0 Å². The van der Waals surface area contributed by atoms with Crippen molar-refractivity contribution in [2.75, 3.05) is 23.5 Å². The Kier molecular flexibility index (Phi) is 6.87. The van der Waals surface area contributed by atoms with Crippen molar-refractivity contribution in [1.29, 1.82) is 0 Å². The van der Waals surface area contributed by atoms with E-state index in [9.17, 15) is 13.2 Å². The molecule has 2 atom stereocenters. The minimum absolute atomic E-state index is 0.00870. The SMILES string of the molecule is Cc1nc2c(Nc3ccc(C4CCC(C)(C)O4)cc3S(C)(=O)=O)cc(NC(=O)C3CC3)nc2n1C1CCCCO1. The number of ether oxygens (including phenoxy) is 2. The van der Waals surface area contributed by atoms with E-state index in [0.29, 0.717) is 35.0 Å². The second kappa shape index (κ2) is 10.1. The first kappa shape index (κ1) is 27.2. The summed E-state index contributed by atoms with van der Waals surface area (Å²) in [7, 11) is -3.59. The van der Waals surface area contributed by atoms with E-state index in [1.807, 2.05) is 31.4 Å². The summed E-state index contributed by atoms with van der Waals surface area (Å²) < 4.78 is 40.2. The van der Waals surface area contributed by atoms with Gasteiger partial charge >= 0.3 is 0 Å². The van der Waals surface area contributed by atoms with E-state index in [1.54, 1.807) is 18.2 Å². The highest BCUT2D eigenvalue weighted by Gasteiger charge is 2.34. The molecule has 3 fully saturated rings. The second-order valence-corrected chi connectivity index (χ2v) is 13.9. The zero-order valence-corrected chi connectivity index (χ0v) is 24.3. The van der Waals surface area contributed by atoms with Gasteiger partial charge in [-0.3, -0.25) is 9.36 Å². The first-order valence-electron chi connectivity index (χ1n) is 14.1. The lowest BCUT2D eigenvalue weighted by atomic mass is 10.0. The number of benzene rings is 1. The molecule has 40 heavy (non-hydrogen) atoms. The topological polar surface area (TPSA) is 124 Å². The molecule has 214 valence electrons. The summed E-state index contributed by atoms with van der Waals surface area (Å²) in [5, 5.41) is 6.28. The van der Waals surface area contributed by atoms with E-state index in [2.05, 4.69) is 10.6 Å². The van der Waals surface area contributed by atoms with Crippen molar-refractivity contribution in [1.82, 2.24) is 14.5 Å². The number of fused-ring (bicyclic) bond motifs is 1. The van der Waals surface area contributed by atoms with Crippen LogP contribution in [0.15, 0.2) is 29.2 Å². The van der Waals surface area contributed by atoms with Gasteiger partial charge in [0.1, 0.15) is 23.4 Å². The van der Waals surface area contributed by atoms with Gasteiger partial charge in [0.15, 0.2) is 15.5 Å². The predicted molar refractivity (Wildman–Crippen MR) is 152 cm³/mol. The number of hydrogen-bond acceptors (Lipinski definition) is 8. The van der Waals surface area contributed by atoms with Crippen molar-refractivity contribution < 1.29 is 22.7 Å². The molecule has 2 saturated heterocycles. The van der Waals surface area contributed by atoms with Gasteiger partial charge in [-0.25, -0.2) is 18.4 Å². The molecule has 6 rings (SSSR count). The summed E-state index contributed by atoms with van der Waals surface area (Å²) in [6.07, 6.45) is 7.23. The van der Waals surface area contributed by atoms with Gasteiger partial charge in [0.05, 0.1) is 28.0 Å². The van der Waals surface area contributed by atoms with E-state index in [1.165, 1.54) is 6.26 Å². The fraction of sp³-hybridized carbons (Fsp3) is 0.552. The lowest BCUT2D eigenvalue weighted by Crippen LogP contribution is -2.20. The van der Waals surface area contributed by atoms with Crippen LogP contribution in [-0.2, 0) is 24.1 Å². The highest BCUT2D eigenvalue weighted by Crippen LogP contribution is 2.41. The quantitative estimate of drug-likeness (QED) is 0.380. The van der Waals surface area contributed by atoms with Gasteiger partial charge in [-0.05, 0) is 83.4 Å². The Hall–Kier alpha value is -3.02. The molecule has 1 aromatic carbocycles. The first-order valence-corrected chi connectivity index (χ1v) is 16.0. The smallest absolute Gasteiger partial charge is 0.228 e. The van der Waals surface area contributed by atoms with Crippen LogP contribution < -0.4 is 10.6 Å². The normalized spacial score (nSPS) is 22.9. The van der Waals surface area contributed by atoms with E-state index in [-0.39, 0.29) is 34.7 Å². The molecule has 2 aliphatic heterocycles. The number of imidazole rings is 1. The van der Waals surface area contributed by atoms with E-state index < -0.39 is 9.84 Å². The van der Waals surface area contributed by atoms with Crippen molar-refractivity contribution in [3.05, 3.63) is 35.7 Å². The number of nitrogens with zero attached hydrogens (tertiary/aromatic N) is 3. The van der Waals surface area contributed by atoms with Crippen LogP contribution in [0, 0.1) is 12.8 Å². The Labute approximate surface area is 234 Å². The van der Waals surface area contributed by atoms with Gasteiger partial charge in [0.2, 0.25) is 5.91 Å². The van der Waals surface area contributed by atoms with Crippen LogP contribution in [0.3, 0.4) is 0 Å². The largest absolute Gasteiger partial charge is 0.368 e. The van der Waals surface area contributed by atoms with Gasteiger partial charge in [-0.2, -0.15) is 0 Å². The monoisotopic (exact) mass is 567 g/mol. The molecule has 4 heterocycles. The Morgan fingerprint density at radius 1 is 1.07 bits per heavy atom. The van der Waals surface area contributed by atoms with Crippen molar-refractivity contribution in [2.24, 2.45) is 5.92 Å². The summed E-state index contributed by atoms with van der Waals surface area (Å²) in [4.78, 5) is 22.4. The third kappa shape index (κ3) is 5.46. The van der Waals surface area contributed by atoms with Crippen LogP contribution in [0.4, 0.5) is 17.2 Å². The summed E-state index contributed by atoms with van der Waals surface area (Å²) in [5.41, 5.74) is 2.75. The summed E-state index contributed by atoms with van der Waals surface area (Å²) in [5.74, 6) is 1.08. The molecule has 1 amide bonds. The van der Waals surface area contributed by atoms with Crippen LogP contribution in [-0.4, -0.2) is 47.3 Å². The van der Waals surface area contributed by atoms with Crippen LogP contribution in [0.25, 0.3) is 11.2 Å². The Balaban J connectivity index is 1.42. The average molecular weight is 568 g/mol. The number of aryl methyl sites for hydroxylation is 1. The zero-order chi connectivity index (χ0) is 28.2. The lowest BCUT2D eigenvalue weighted by Gasteiger charge is -2.25. The number of hydrogen-bond donors (Lipinski definition) is 2. The fourth-order valence-electron chi connectivity index (χ4n) is 5.69. The van der Waals surface area contributed by atoms with Crippen LogP contribution >= 0.6 is 0 Å². The fourth-order valence-corrected chi connectivity index (χ4v) is 6.56. The molecule has 2 N–H and O–H groups in total. The van der Waals surface area contributed by atoms with Gasteiger partial charge in [-0.15, -0.1) is 0 Å². The molecular formula is C29H37N5O5S. The maximum Gasteiger partial charge on any atom is 0.228 e. The zero-order valence-electron chi connectivity index (χ0n) is 23.5. The van der Waals surface area contributed by atoms with Crippen molar-refractivity contribution in [2.45, 2.75) is 88.5 Å². The highest BCUT2D eigenvalue weighted by atomic mass is 32.2. The van der Waals surface area contributed by atoms with Crippen molar-refractivity contribution >= 4 is 44.1 Å². The third-order valence-corrected chi connectivity index (χ3v) is 9.12. The minimum atomic E-state index is -3.59. The van der Waals surface area contributed by atoms with Gasteiger partial charge in [0, 0.05) is 24.8 Å². The molecule has 3 aromatic rings. The maximum absolute atomic E-state index is 13.0. The van der Waals surface area contributed by atoms with Crippen LogP contribution in [0.5, 0.6) is 0 Å². The second-order valence-electron chi connectivity index (χ2n) is 11.9. The molecule has 10 nitrogen and oxygen atoms in total. The number of rotatable bonds is 7. The lowest BCUT2D eigenvalue weighted by molar-refractivity contribution is -0.117. The molecule has 2 aromatic heterocycles. The molecule has 1 aliphatic carbocycles. The first-order chi connectivity index (χ1) is 19.0. The van der Waals surface area contributed by atoms with Crippen molar-refractivity contribution in [3.8, 4) is 0 Å². The Morgan fingerprint density at radius 2 is 1.88 bits per heavy atom.